The van der Waals surface area contributed by atoms with E-state index in [1.54, 1.807) is 0 Å². The van der Waals surface area contributed by atoms with Crippen molar-refractivity contribution >= 4 is 11.6 Å². The maximum absolute atomic E-state index is 6.23. The fraction of sp³-hybridized carbons (Fsp3) is 0.667. The van der Waals surface area contributed by atoms with Gasteiger partial charge in [-0.3, -0.25) is 0 Å². The summed E-state index contributed by atoms with van der Waals surface area (Å²) in [5.41, 5.74) is 3.05. The van der Waals surface area contributed by atoms with E-state index in [9.17, 15) is 0 Å². The highest BCUT2D eigenvalue weighted by molar-refractivity contribution is 6.30. The number of benzene rings is 1. The average molecular weight is 309 g/mol. The van der Waals surface area contributed by atoms with Crippen molar-refractivity contribution in [2.75, 3.05) is 20.6 Å². The highest BCUT2D eigenvalue weighted by Crippen LogP contribution is 2.46. The van der Waals surface area contributed by atoms with E-state index in [0.29, 0.717) is 18.0 Å². The van der Waals surface area contributed by atoms with Gasteiger partial charge in [-0.05, 0) is 55.1 Å². The van der Waals surface area contributed by atoms with E-state index in [2.05, 4.69) is 64.1 Å². The van der Waals surface area contributed by atoms with E-state index in [4.69, 9.17) is 11.6 Å². The molecule has 0 heterocycles. The van der Waals surface area contributed by atoms with E-state index >= 15 is 0 Å². The molecule has 3 heteroatoms. The Morgan fingerprint density at radius 2 is 2.00 bits per heavy atom. The number of hydrogen-bond donors (Lipinski definition) is 1. The average Bonchev–Trinajstić information content (AvgIpc) is 2.59. The summed E-state index contributed by atoms with van der Waals surface area (Å²) in [6.07, 6.45) is 1.12. The fourth-order valence-corrected chi connectivity index (χ4v) is 3.57. The highest BCUT2D eigenvalue weighted by Gasteiger charge is 2.40. The molecule has 0 aromatic heterocycles. The van der Waals surface area contributed by atoms with Gasteiger partial charge >= 0.3 is 0 Å². The summed E-state index contributed by atoms with van der Waals surface area (Å²) < 4.78 is 0. The molecule has 0 radical (unpaired) electrons. The Bertz CT molecular complexity index is 494. The zero-order valence-electron chi connectivity index (χ0n) is 14.2. The molecule has 2 nitrogen and oxygen atoms in total. The van der Waals surface area contributed by atoms with E-state index < -0.39 is 0 Å². The van der Waals surface area contributed by atoms with Gasteiger partial charge in [-0.15, -0.1) is 0 Å². The first-order valence-corrected chi connectivity index (χ1v) is 8.27. The second kappa shape index (κ2) is 6.28. The van der Waals surface area contributed by atoms with Crippen molar-refractivity contribution in [1.29, 1.82) is 0 Å². The van der Waals surface area contributed by atoms with Gasteiger partial charge in [-0.1, -0.05) is 45.4 Å². The topological polar surface area (TPSA) is 15.3 Å². The van der Waals surface area contributed by atoms with Crippen molar-refractivity contribution in [2.45, 2.75) is 46.2 Å². The summed E-state index contributed by atoms with van der Waals surface area (Å²) in [6, 6.07) is 7.21. The first kappa shape index (κ1) is 16.8. The van der Waals surface area contributed by atoms with Crippen molar-refractivity contribution in [3.63, 3.8) is 0 Å². The first-order chi connectivity index (χ1) is 9.70. The molecule has 1 aromatic carbocycles. The lowest BCUT2D eigenvalue weighted by Crippen LogP contribution is -2.46. The van der Waals surface area contributed by atoms with Crippen LogP contribution in [0.3, 0.4) is 0 Å². The van der Waals surface area contributed by atoms with E-state index in [1.165, 1.54) is 11.1 Å². The Balaban J connectivity index is 2.27. The number of halogens is 1. The third-order valence-electron chi connectivity index (χ3n) is 4.59. The first-order valence-electron chi connectivity index (χ1n) is 7.90. The van der Waals surface area contributed by atoms with Gasteiger partial charge in [0.1, 0.15) is 0 Å². The Morgan fingerprint density at radius 3 is 2.57 bits per heavy atom. The van der Waals surface area contributed by atoms with Gasteiger partial charge in [0, 0.05) is 23.7 Å². The molecule has 118 valence electrons. The standard InChI is InChI=1S/C18H29ClN2/c1-12(2)16(11-21(5)6)20-17-15-9-14(19)8-7-13(15)10-18(17,3)4/h7-9,12,16-17,20H,10-11H2,1-6H3. The van der Waals surface area contributed by atoms with Crippen molar-refractivity contribution < 1.29 is 0 Å². The second-order valence-electron chi connectivity index (χ2n) is 7.72. The van der Waals surface area contributed by atoms with Crippen LogP contribution >= 0.6 is 11.6 Å². The molecule has 0 spiro atoms. The molecule has 2 rings (SSSR count). The van der Waals surface area contributed by atoms with Crippen LogP contribution < -0.4 is 5.32 Å². The third kappa shape index (κ3) is 3.80. The summed E-state index contributed by atoms with van der Waals surface area (Å²) in [5, 5.41) is 4.76. The van der Waals surface area contributed by atoms with Crippen molar-refractivity contribution in [2.24, 2.45) is 11.3 Å². The molecule has 21 heavy (non-hydrogen) atoms. The highest BCUT2D eigenvalue weighted by atomic mass is 35.5. The molecule has 2 atom stereocenters. The van der Waals surface area contributed by atoms with Gasteiger partial charge in [0.15, 0.2) is 0 Å². The molecule has 2 unspecified atom stereocenters. The monoisotopic (exact) mass is 308 g/mol. The van der Waals surface area contributed by atoms with Gasteiger partial charge in [0.05, 0.1) is 0 Å². The van der Waals surface area contributed by atoms with Crippen molar-refractivity contribution in [3.05, 3.63) is 34.3 Å². The lowest BCUT2D eigenvalue weighted by atomic mass is 9.84. The lowest BCUT2D eigenvalue weighted by molar-refractivity contribution is 0.202. The maximum Gasteiger partial charge on any atom is 0.0409 e. The number of rotatable bonds is 5. The van der Waals surface area contributed by atoms with Crippen LogP contribution in [0.4, 0.5) is 0 Å². The Morgan fingerprint density at radius 1 is 1.33 bits per heavy atom. The summed E-state index contributed by atoms with van der Waals surface area (Å²) >= 11 is 6.23. The Kier molecular flexibility index (Phi) is 5.02. The molecule has 0 saturated heterocycles. The third-order valence-corrected chi connectivity index (χ3v) is 4.83. The molecule has 1 aliphatic rings. The maximum atomic E-state index is 6.23. The molecule has 0 bridgehead atoms. The molecular weight excluding hydrogens is 280 g/mol. The Hall–Kier alpha value is -0.570. The normalized spacial score (nSPS) is 21.9. The molecule has 0 amide bonds. The van der Waals surface area contributed by atoms with Gasteiger partial charge in [-0.25, -0.2) is 0 Å². The number of fused-ring (bicyclic) bond motifs is 1. The van der Waals surface area contributed by atoms with Crippen LogP contribution in [0.1, 0.15) is 44.9 Å². The number of hydrogen-bond acceptors (Lipinski definition) is 2. The second-order valence-corrected chi connectivity index (χ2v) is 8.16. The summed E-state index contributed by atoms with van der Waals surface area (Å²) in [7, 11) is 4.28. The lowest BCUT2D eigenvalue weighted by Gasteiger charge is -2.35. The van der Waals surface area contributed by atoms with Gasteiger partial charge in [-0.2, -0.15) is 0 Å². The van der Waals surface area contributed by atoms with Crippen molar-refractivity contribution in [3.8, 4) is 0 Å². The minimum absolute atomic E-state index is 0.229. The van der Waals surface area contributed by atoms with E-state index in [0.717, 1.165) is 18.0 Å². The molecule has 1 aromatic rings. The zero-order valence-corrected chi connectivity index (χ0v) is 15.0. The van der Waals surface area contributed by atoms with Crippen LogP contribution in [0.15, 0.2) is 18.2 Å². The summed E-state index contributed by atoms with van der Waals surface area (Å²) in [5.74, 6) is 0.603. The van der Waals surface area contributed by atoms with Crippen molar-refractivity contribution in [1.82, 2.24) is 10.2 Å². The molecule has 0 saturated carbocycles. The largest absolute Gasteiger partial charge is 0.308 e. The number of nitrogens with zero attached hydrogens (tertiary/aromatic N) is 1. The minimum atomic E-state index is 0.229. The van der Waals surface area contributed by atoms with Crippen LogP contribution in [-0.2, 0) is 6.42 Å². The molecule has 1 aliphatic carbocycles. The quantitative estimate of drug-likeness (QED) is 0.879. The molecule has 0 aliphatic heterocycles. The Labute approximate surface area is 134 Å². The molecular formula is C18H29ClN2. The SMILES string of the molecule is CC(C)C(CN(C)C)NC1c2cc(Cl)ccc2CC1(C)C. The summed E-state index contributed by atoms with van der Waals surface area (Å²) in [4.78, 5) is 2.26. The van der Waals surface area contributed by atoms with Gasteiger partial charge < -0.3 is 10.2 Å². The van der Waals surface area contributed by atoms with Gasteiger partial charge in [0.2, 0.25) is 0 Å². The summed E-state index contributed by atoms with van der Waals surface area (Å²) in [6.45, 7) is 10.3. The number of nitrogens with one attached hydrogen (secondary N) is 1. The van der Waals surface area contributed by atoms with Gasteiger partial charge in [0.25, 0.3) is 0 Å². The van der Waals surface area contributed by atoms with E-state index in [-0.39, 0.29) is 5.41 Å². The van der Waals surface area contributed by atoms with Crippen LogP contribution in [-0.4, -0.2) is 31.6 Å². The van der Waals surface area contributed by atoms with Crippen LogP contribution in [0, 0.1) is 11.3 Å². The number of likely N-dealkylation sites (N-methyl/N-ethyl adjacent to an activating group) is 1. The minimum Gasteiger partial charge on any atom is -0.308 e. The van der Waals surface area contributed by atoms with Crippen LogP contribution in [0.5, 0.6) is 0 Å². The zero-order chi connectivity index (χ0) is 15.8. The predicted octanol–water partition coefficient (Wildman–Crippen LogP) is 4.14. The fourth-order valence-electron chi connectivity index (χ4n) is 3.39. The predicted molar refractivity (Wildman–Crippen MR) is 92.0 cm³/mol. The van der Waals surface area contributed by atoms with Crippen LogP contribution in [0.2, 0.25) is 5.02 Å². The van der Waals surface area contributed by atoms with E-state index in [1.807, 2.05) is 6.07 Å². The van der Waals surface area contributed by atoms with Crippen LogP contribution in [0.25, 0.3) is 0 Å². The molecule has 1 N–H and O–H groups in total. The molecule has 0 fully saturated rings. The smallest absolute Gasteiger partial charge is 0.0409 e.